The number of carbonyl (C=O) groups excluding carboxylic acids is 1. The van der Waals surface area contributed by atoms with Crippen LogP contribution in [0.5, 0.6) is 0 Å². The fourth-order valence-corrected chi connectivity index (χ4v) is 1.87. The molecule has 1 unspecified atom stereocenters. The molecule has 1 atom stereocenters. The minimum absolute atomic E-state index is 0.0534. The van der Waals surface area contributed by atoms with E-state index in [2.05, 4.69) is 19.2 Å². The monoisotopic (exact) mass is 244 g/mol. The van der Waals surface area contributed by atoms with Gasteiger partial charge in [0, 0.05) is 26.2 Å². The van der Waals surface area contributed by atoms with Gasteiger partial charge in [-0.05, 0) is 13.0 Å². The maximum absolute atomic E-state index is 11.7. The van der Waals surface area contributed by atoms with Crippen LogP contribution < -0.4 is 5.32 Å². The van der Waals surface area contributed by atoms with Crippen LogP contribution in [0.3, 0.4) is 0 Å². The highest BCUT2D eigenvalue weighted by molar-refractivity contribution is 5.77. The number of methoxy groups -OCH3 is 1. The van der Waals surface area contributed by atoms with Gasteiger partial charge in [-0.25, -0.2) is 0 Å². The van der Waals surface area contributed by atoms with E-state index in [-0.39, 0.29) is 18.6 Å². The Bertz CT molecular complexity index is 234. The summed E-state index contributed by atoms with van der Waals surface area (Å²) in [6.45, 7) is 7.32. The Balaban J connectivity index is 2.26. The fourth-order valence-electron chi connectivity index (χ4n) is 1.87. The van der Waals surface area contributed by atoms with Crippen LogP contribution in [0.15, 0.2) is 0 Å². The first-order chi connectivity index (χ1) is 8.13. The van der Waals surface area contributed by atoms with Crippen LogP contribution in [-0.4, -0.2) is 62.9 Å². The lowest BCUT2D eigenvalue weighted by Gasteiger charge is -2.33. The normalized spacial score (nSPS) is 20.9. The first-order valence-corrected chi connectivity index (χ1v) is 6.25. The van der Waals surface area contributed by atoms with Gasteiger partial charge in [0.05, 0.1) is 12.7 Å². The number of nitrogens with zero attached hydrogens (tertiary/aromatic N) is 1. The maximum Gasteiger partial charge on any atom is 0.248 e. The number of rotatable bonds is 6. The van der Waals surface area contributed by atoms with Gasteiger partial charge in [0.1, 0.15) is 6.61 Å². The predicted molar refractivity (Wildman–Crippen MR) is 66.0 cm³/mol. The zero-order chi connectivity index (χ0) is 12.7. The van der Waals surface area contributed by atoms with Gasteiger partial charge in [-0.3, -0.25) is 4.79 Å². The number of nitrogens with one attached hydrogen (secondary N) is 1. The molecule has 1 fully saturated rings. The van der Waals surface area contributed by atoms with Gasteiger partial charge in [-0.2, -0.15) is 0 Å². The molecule has 5 heteroatoms. The van der Waals surface area contributed by atoms with E-state index in [1.807, 2.05) is 4.90 Å². The molecular weight excluding hydrogens is 220 g/mol. The van der Waals surface area contributed by atoms with Crippen molar-refractivity contribution >= 4 is 5.91 Å². The lowest BCUT2D eigenvalue weighted by atomic mass is 10.2. The average molecular weight is 244 g/mol. The van der Waals surface area contributed by atoms with Crippen LogP contribution in [0.1, 0.15) is 20.3 Å². The second-order valence-electron chi connectivity index (χ2n) is 4.66. The van der Waals surface area contributed by atoms with E-state index in [0.717, 1.165) is 13.0 Å². The summed E-state index contributed by atoms with van der Waals surface area (Å²) in [5.74, 6) is 0.0534. The van der Waals surface area contributed by atoms with Crippen molar-refractivity contribution in [3.8, 4) is 0 Å². The number of hydrogen-bond acceptors (Lipinski definition) is 4. The van der Waals surface area contributed by atoms with Gasteiger partial charge in [0.25, 0.3) is 0 Å². The quantitative estimate of drug-likeness (QED) is 0.727. The van der Waals surface area contributed by atoms with Gasteiger partial charge < -0.3 is 19.7 Å². The lowest BCUT2D eigenvalue weighted by molar-refractivity contribution is -0.142. The number of amides is 1. The molecular formula is C12H24N2O3. The van der Waals surface area contributed by atoms with Crippen molar-refractivity contribution in [1.82, 2.24) is 10.2 Å². The summed E-state index contributed by atoms with van der Waals surface area (Å²) < 4.78 is 10.5. The molecule has 17 heavy (non-hydrogen) atoms. The molecule has 1 heterocycles. The Morgan fingerprint density at radius 1 is 1.59 bits per heavy atom. The summed E-state index contributed by atoms with van der Waals surface area (Å²) in [6, 6.07) is 0.491. The third-order valence-electron chi connectivity index (χ3n) is 2.78. The van der Waals surface area contributed by atoms with Crippen LogP contribution in [0, 0.1) is 0 Å². The molecule has 1 N–H and O–H groups in total. The third kappa shape index (κ3) is 5.48. The topological polar surface area (TPSA) is 50.8 Å². The summed E-state index contributed by atoms with van der Waals surface area (Å²) >= 11 is 0. The molecule has 1 aliphatic rings. The predicted octanol–water partition coefficient (Wildman–Crippen LogP) is 0.248. The molecule has 0 radical (unpaired) electrons. The highest BCUT2D eigenvalue weighted by Crippen LogP contribution is 2.08. The Morgan fingerprint density at radius 3 is 3.00 bits per heavy atom. The molecule has 1 amide bonds. The molecule has 0 aliphatic carbocycles. The maximum atomic E-state index is 11.7. The number of ether oxygens (including phenoxy) is 2. The van der Waals surface area contributed by atoms with E-state index in [1.54, 1.807) is 7.11 Å². The number of carbonyl (C=O) groups is 1. The Labute approximate surface area is 103 Å². The molecule has 1 saturated heterocycles. The van der Waals surface area contributed by atoms with Gasteiger partial charge >= 0.3 is 0 Å². The van der Waals surface area contributed by atoms with Crippen molar-refractivity contribution in [3.63, 3.8) is 0 Å². The highest BCUT2D eigenvalue weighted by atomic mass is 16.5. The Kier molecular flexibility index (Phi) is 6.47. The molecule has 1 aliphatic heterocycles. The van der Waals surface area contributed by atoms with Crippen molar-refractivity contribution in [1.29, 1.82) is 0 Å². The van der Waals surface area contributed by atoms with Crippen molar-refractivity contribution in [3.05, 3.63) is 0 Å². The second-order valence-corrected chi connectivity index (χ2v) is 4.66. The Hall–Kier alpha value is -0.650. The van der Waals surface area contributed by atoms with Gasteiger partial charge in [0.15, 0.2) is 0 Å². The smallest absolute Gasteiger partial charge is 0.248 e. The minimum Gasteiger partial charge on any atom is -0.375 e. The highest BCUT2D eigenvalue weighted by Gasteiger charge is 2.23. The van der Waals surface area contributed by atoms with E-state index in [0.29, 0.717) is 25.7 Å². The second kappa shape index (κ2) is 7.63. The summed E-state index contributed by atoms with van der Waals surface area (Å²) in [7, 11) is 1.54. The molecule has 100 valence electrons. The van der Waals surface area contributed by atoms with Gasteiger partial charge in [-0.15, -0.1) is 0 Å². The Morgan fingerprint density at radius 2 is 2.35 bits per heavy atom. The molecule has 0 aromatic carbocycles. The van der Waals surface area contributed by atoms with E-state index in [9.17, 15) is 4.79 Å². The molecule has 0 bridgehead atoms. The molecule has 5 nitrogen and oxygen atoms in total. The average Bonchev–Trinajstić information content (AvgIpc) is 2.29. The van der Waals surface area contributed by atoms with E-state index >= 15 is 0 Å². The number of hydrogen-bond donors (Lipinski definition) is 1. The van der Waals surface area contributed by atoms with E-state index in [4.69, 9.17) is 9.47 Å². The standard InChI is InChI=1S/C12H24N2O3/c1-10(2)13-5-4-11-8-14(6-7-17-11)12(15)9-16-3/h10-11,13H,4-9H2,1-3H3. The van der Waals surface area contributed by atoms with Crippen LogP contribution >= 0.6 is 0 Å². The fraction of sp³-hybridized carbons (Fsp3) is 0.917. The lowest BCUT2D eigenvalue weighted by Crippen LogP contribution is -2.47. The molecule has 0 saturated carbocycles. The van der Waals surface area contributed by atoms with Crippen LogP contribution in [0.2, 0.25) is 0 Å². The summed E-state index contributed by atoms with van der Waals surface area (Å²) in [4.78, 5) is 13.5. The van der Waals surface area contributed by atoms with Crippen molar-refractivity contribution < 1.29 is 14.3 Å². The van der Waals surface area contributed by atoms with Crippen LogP contribution in [-0.2, 0) is 14.3 Å². The van der Waals surface area contributed by atoms with Crippen LogP contribution in [0.25, 0.3) is 0 Å². The molecule has 0 aromatic rings. The number of morpholine rings is 1. The zero-order valence-electron chi connectivity index (χ0n) is 11.1. The van der Waals surface area contributed by atoms with Gasteiger partial charge in [0.2, 0.25) is 5.91 Å². The van der Waals surface area contributed by atoms with E-state index < -0.39 is 0 Å². The van der Waals surface area contributed by atoms with E-state index in [1.165, 1.54) is 0 Å². The molecule has 1 rings (SSSR count). The summed E-state index contributed by atoms with van der Waals surface area (Å²) in [6.07, 6.45) is 1.09. The third-order valence-corrected chi connectivity index (χ3v) is 2.78. The van der Waals surface area contributed by atoms with Crippen LogP contribution in [0.4, 0.5) is 0 Å². The van der Waals surface area contributed by atoms with Gasteiger partial charge in [-0.1, -0.05) is 13.8 Å². The SMILES string of the molecule is COCC(=O)N1CCOC(CCNC(C)C)C1. The zero-order valence-corrected chi connectivity index (χ0v) is 11.1. The molecule has 0 spiro atoms. The molecule has 0 aromatic heterocycles. The van der Waals surface area contributed by atoms with Crippen molar-refractivity contribution in [2.24, 2.45) is 0 Å². The first kappa shape index (κ1) is 14.4. The summed E-state index contributed by atoms with van der Waals surface area (Å²) in [5, 5.41) is 3.35. The summed E-state index contributed by atoms with van der Waals surface area (Å²) in [5.41, 5.74) is 0. The largest absolute Gasteiger partial charge is 0.375 e. The van der Waals surface area contributed by atoms with Crippen molar-refractivity contribution in [2.45, 2.75) is 32.4 Å². The minimum atomic E-state index is 0.0534. The first-order valence-electron chi connectivity index (χ1n) is 6.25. The van der Waals surface area contributed by atoms with Crippen molar-refractivity contribution in [2.75, 3.05) is 40.0 Å².